The number of ether oxygens (including phenoxy) is 2. The van der Waals surface area contributed by atoms with Crippen LogP contribution in [0.25, 0.3) is 0 Å². The highest BCUT2D eigenvalue weighted by Crippen LogP contribution is 2.16. The topological polar surface area (TPSA) is 73.6 Å². The Bertz CT molecular complexity index is 230. The van der Waals surface area contributed by atoms with E-state index >= 15 is 0 Å². The Kier molecular flexibility index (Phi) is 6.47. The molecular weight excluding hydrogens is 220 g/mol. The zero-order valence-electron chi connectivity index (χ0n) is 10.8. The highest BCUT2D eigenvalue weighted by atomic mass is 16.5. The van der Waals surface area contributed by atoms with Crippen molar-refractivity contribution in [3.8, 4) is 0 Å². The Labute approximate surface area is 103 Å². The number of rotatable bonds is 7. The molecule has 1 saturated heterocycles. The number of hydrogen-bond acceptors (Lipinski definition) is 4. The Hall–Kier alpha value is -0.650. The van der Waals surface area contributed by atoms with E-state index in [4.69, 9.17) is 15.2 Å². The second-order valence-electron chi connectivity index (χ2n) is 4.50. The van der Waals surface area contributed by atoms with Crippen molar-refractivity contribution in [1.29, 1.82) is 0 Å². The van der Waals surface area contributed by atoms with Gasteiger partial charge in [0.1, 0.15) is 0 Å². The molecule has 0 aliphatic carbocycles. The van der Waals surface area contributed by atoms with E-state index in [0.717, 1.165) is 19.6 Å². The lowest BCUT2D eigenvalue weighted by Gasteiger charge is -2.21. The molecule has 3 atom stereocenters. The second-order valence-corrected chi connectivity index (χ2v) is 4.50. The van der Waals surface area contributed by atoms with E-state index in [9.17, 15) is 4.79 Å². The molecule has 5 nitrogen and oxygen atoms in total. The zero-order chi connectivity index (χ0) is 12.7. The average Bonchev–Trinajstić information content (AvgIpc) is 2.81. The molecule has 1 fully saturated rings. The number of amides is 1. The number of nitrogens with one attached hydrogen (secondary N) is 1. The summed E-state index contributed by atoms with van der Waals surface area (Å²) in [6.45, 7) is 6.43. The molecule has 0 aromatic carbocycles. The maximum Gasteiger partial charge on any atom is 0.222 e. The molecule has 100 valence electrons. The van der Waals surface area contributed by atoms with Crippen LogP contribution < -0.4 is 11.1 Å². The Morgan fingerprint density at radius 2 is 2.41 bits per heavy atom. The summed E-state index contributed by atoms with van der Waals surface area (Å²) in [4.78, 5) is 11.8. The highest BCUT2D eigenvalue weighted by molar-refractivity contribution is 5.76. The van der Waals surface area contributed by atoms with Crippen LogP contribution >= 0.6 is 0 Å². The lowest BCUT2D eigenvalue weighted by Crippen LogP contribution is -2.41. The molecule has 1 heterocycles. The van der Waals surface area contributed by atoms with Gasteiger partial charge >= 0.3 is 0 Å². The molecule has 1 amide bonds. The van der Waals surface area contributed by atoms with Gasteiger partial charge in [0, 0.05) is 31.7 Å². The first-order valence-corrected chi connectivity index (χ1v) is 6.36. The minimum atomic E-state index is -0.174. The van der Waals surface area contributed by atoms with Gasteiger partial charge in [-0.3, -0.25) is 4.79 Å². The third-order valence-corrected chi connectivity index (χ3v) is 3.14. The molecule has 0 aromatic rings. The molecule has 0 radical (unpaired) electrons. The van der Waals surface area contributed by atoms with Crippen molar-refractivity contribution >= 4 is 5.91 Å². The van der Waals surface area contributed by atoms with Gasteiger partial charge in [-0.15, -0.1) is 0 Å². The molecule has 0 saturated carbocycles. The minimum absolute atomic E-state index is 0.00769. The number of carbonyl (C=O) groups is 1. The van der Waals surface area contributed by atoms with E-state index in [2.05, 4.69) is 5.32 Å². The number of carbonyl (C=O) groups excluding carboxylic acids is 1. The van der Waals surface area contributed by atoms with Crippen molar-refractivity contribution in [2.24, 2.45) is 11.7 Å². The van der Waals surface area contributed by atoms with Crippen LogP contribution in [0.15, 0.2) is 0 Å². The van der Waals surface area contributed by atoms with Gasteiger partial charge < -0.3 is 20.5 Å². The quantitative estimate of drug-likeness (QED) is 0.674. The largest absolute Gasteiger partial charge is 0.381 e. The van der Waals surface area contributed by atoms with Gasteiger partial charge in [0.25, 0.3) is 0 Å². The van der Waals surface area contributed by atoms with E-state index in [1.165, 1.54) is 0 Å². The van der Waals surface area contributed by atoms with Crippen molar-refractivity contribution < 1.29 is 14.3 Å². The molecule has 17 heavy (non-hydrogen) atoms. The summed E-state index contributed by atoms with van der Waals surface area (Å²) in [5.41, 5.74) is 5.54. The molecule has 0 spiro atoms. The van der Waals surface area contributed by atoms with Crippen molar-refractivity contribution in [2.75, 3.05) is 26.4 Å². The van der Waals surface area contributed by atoms with Gasteiger partial charge in [-0.25, -0.2) is 0 Å². The predicted octanol–water partition coefficient (Wildman–Crippen LogP) is 0.282. The van der Waals surface area contributed by atoms with Gasteiger partial charge in [0.05, 0.1) is 19.1 Å². The van der Waals surface area contributed by atoms with Gasteiger partial charge in [-0.05, 0) is 20.3 Å². The lowest BCUT2D eigenvalue weighted by molar-refractivity contribution is -0.124. The first-order chi connectivity index (χ1) is 8.17. The standard InChI is InChI=1S/C12H24N2O3/c1-3-17-11(7-13)6-12(15)14-9(2)10-4-5-16-8-10/h9-11H,3-8,13H2,1-2H3,(H,14,15). The summed E-state index contributed by atoms with van der Waals surface area (Å²) in [7, 11) is 0. The van der Waals surface area contributed by atoms with Crippen LogP contribution in [0.5, 0.6) is 0 Å². The summed E-state index contributed by atoms with van der Waals surface area (Å²) in [5, 5.41) is 2.99. The van der Waals surface area contributed by atoms with Crippen LogP contribution in [0.2, 0.25) is 0 Å². The fourth-order valence-corrected chi connectivity index (χ4v) is 2.03. The number of hydrogen-bond donors (Lipinski definition) is 2. The van der Waals surface area contributed by atoms with Crippen molar-refractivity contribution in [1.82, 2.24) is 5.32 Å². The Morgan fingerprint density at radius 3 is 2.94 bits per heavy atom. The Morgan fingerprint density at radius 1 is 1.65 bits per heavy atom. The molecule has 0 bridgehead atoms. The summed E-state index contributed by atoms with van der Waals surface area (Å²) < 4.78 is 10.7. The maximum absolute atomic E-state index is 11.8. The predicted molar refractivity (Wildman–Crippen MR) is 65.6 cm³/mol. The van der Waals surface area contributed by atoms with Crippen LogP contribution in [-0.2, 0) is 14.3 Å². The van der Waals surface area contributed by atoms with Gasteiger partial charge in [-0.2, -0.15) is 0 Å². The smallest absolute Gasteiger partial charge is 0.222 e. The third-order valence-electron chi connectivity index (χ3n) is 3.14. The molecule has 5 heteroatoms. The molecule has 3 unspecified atom stereocenters. The van der Waals surface area contributed by atoms with Crippen LogP contribution in [0.4, 0.5) is 0 Å². The zero-order valence-corrected chi connectivity index (χ0v) is 10.8. The van der Waals surface area contributed by atoms with Crippen LogP contribution in [-0.4, -0.2) is 44.4 Å². The molecular formula is C12H24N2O3. The highest BCUT2D eigenvalue weighted by Gasteiger charge is 2.24. The van der Waals surface area contributed by atoms with Crippen molar-refractivity contribution in [3.63, 3.8) is 0 Å². The van der Waals surface area contributed by atoms with Crippen molar-refractivity contribution in [2.45, 2.75) is 38.8 Å². The van der Waals surface area contributed by atoms with Crippen molar-refractivity contribution in [3.05, 3.63) is 0 Å². The molecule has 0 aromatic heterocycles. The molecule has 1 aliphatic heterocycles. The van der Waals surface area contributed by atoms with Crippen LogP contribution in [0.3, 0.4) is 0 Å². The molecule has 3 N–H and O–H groups in total. The van der Waals surface area contributed by atoms with Gasteiger partial charge in [0.2, 0.25) is 5.91 Å². The summed E-state index contributed by atoms with van der Waals surface area (Å²) >= 11 is 0. The van der Waals surface area contributed by atoms with E-state index in [1.807, 2.05) is 13.8 Å². The Balaban J connectivity index is 2.27. The third kappa shape index (κ3) is 5.02. The summed E-state index contributed by atoms with van der Waals surface area (Å²) in [6.07, 6.45) is 1.18. The monoisotopic (exact) mass is 244 g/mol. The van der Waals surface area contributed by atoms with Gasteiger partial charge in [0.15, 0.2) is 0 Å². The number of nitrogens with two attached hydrogens (primary N) is 1. The van der Waals surface area contributed by atoms with E-state index in [1.54, 1.807) is 0 Å². The second kappa shape index (κ2) is 7.63. The summed E-state index contributed by atoms with van der Waals surface area (Å²) in [6, 6.07) is 0.157. The average molecular weight is 244 g/mol. The van der Waals surface area contributed by atoms with Crippen LogP contribution in [0, 0.1) is 5.92 Å². The molecule has 1 rings (SSSR count). The van der Waals surface area contributed by atoms with E-state index in [-0.39, 0.29) is 18.1 Å². The molecule has 1 aliphatic rings. The van der Waals surface area contributed by atoms with E-state index < -0.39 is 0 Å². The minimum Gasteiger partial charge on any atom is -0.381 e. The van der Waals surface area contributed by atoms with Gasteiger partial charge in [-0.1, -0.05) is 0 Å². The first kappa shape index (κ1) is 14.4. The van der Waals surface area contributed by atoms with Crippen LogP contribution in [0.1, 0.15) is 26.7 Å². The fourth-order valence-electron chi connectivity index (χ4n) is 2.03. The lowest BCUT2D eigenvalue weighted by atomic mass is 10.0. The first-order valence-electron chi connectivity index (χ1n) is 6.36. The summed E-state index contributed by atoms with van der Waals surface area (Å²) in [5.74, 6) is 0.440. The SMILES string of the molecule is CCOC(CN)CC(=O)NC(C)C1CCOC1. The maximum atomic E-state index is 11.8. The van der Waals surface area contributed by atoms with E-state index in [0.29, 0.717) is 25.5 Å². The fraction of sp³-hybridized carbons (Fsp3) is 0.917. The normalized spacial score (nSPS) is 23.4.